The highest BCUT2D eigenvalue weighted by atomic mass is 15.1. The highest BCUT2D eigenvalue weighted by Gasteiger charge is 2.05. The molecule has 3 nitrogen and oxygen atoms in total. The van der Waals surface area contributed by atoms with Crippen LogP contribution in [0.15, 0.2) is 24.5 Å². The molecule has 1 aliphatic heterocycles. The van der Waals surface area contributed by atoms with Gasteiger partial charge in [-0.3, -0.25) is 4.90 Å². The summed E-state index contributed by atoms with van der Waals surface area (Å²) in [6.45, 7) is 5.74. The molecule has 3 heteroatoms. The van der Waals surface area contributed by atoms with E-state index in [-0.39, 0.29) is 0 Å². The Balaban J connectivity index is 1.79. The fourth-order valence-corrected chi connectivity index (χ4v) is 2.05. The largest absolute Gasteiger partial charge is 0.357 e. The zero-order chi connectivity index (χ0) is 11.2. The summed E-state index contributed by atoms with van der Waals surface area (Å²) in [6, 6.07) is 2.14. The number of rotatable bonds is 3. The van der Waals surface area contributed by atoms with Gasteiger partial charge in [0, 0.05) is 39.1 Å². The molecular formula is C13H21N3. The van der Waals surface area contributed by atoms with E-state index in [1.165, 1.54) is 31.6 Å². The Morgan fingerprint density at radius 2 is 2.31 bits per heavy atom. The van der Waals surface area contributed by atoms with Gasteiger partial charge < -0.3 is 9.88 Å². The Morgan fingerprint density at radius 3 is 3.12 bits per heavy atom. The average Bonchev–Trinajstić information content (AvgIpc) is 2.54. The monoisotopic (exact) mass is 219 g/mol. The van der Waals surface area contributed by atoms with Crippen molar-refractivity contribution in [3.63, 3.8) is 0 Å². The minimum atomic E-state index is 1.07. The number of aryl methyl sites for hydroxylation is 1. The Kier molecular flexibility index (Phi) is 4.19. The first-order valence-corrected chi connectivity index (χ1v) is 6.06. The summed E-state index contributed by atoms with van der Waals surface area (Å²) < 4.78 is 2.08. The van der Waals surface area contributed by atoms with Gasteiger partial charge in [-0.15, -0.1) is 0 Å². The van der Waals surface area contributed by atoms with Crippen LogP contribution in [-0.2, 0) is 7.05 Å². The van der Waals surface area contributed by atoms with E-state index in [1.807, 2.05) is 0 Å². The summed E-state index contributed by atoms with van der Waals surface area (Å²) in [7, 11) is 2.05. The maximum absolute atomic E-state index is 3.42. The Bertz CT molecular complexity index is 333. The van der Waals surface area contributed by atoms with Crippen LogP contribution in [0, 0.1) is 0 Å². The van der Waals surface area contributed by atoms with Crippen molar-refractivity contribution in [3.8, 4) is 0 Å². The molecule has 0 spiro atoms. The first-order chi connectivity index (χ1) is 7.84. The fourth-order valence-electron chi connectivity index (χ4n) is 2.05. The molecule has 2 rings (SSSR count). The van der Waals surface area contributed by atoms with E-state index in [9.17, 15) is 0 Å². The molecule has 88 valence electrons. The van der Waals surface area contributed by atoms with Gasteiger partial charge in [-0.25, -0.2) is 0 Å². The molecule has 0 unspecified atom stereocenters. The third kappa shape index (κ3) is 3.51. The van der Waals surface area contributed by atoms with Gasteiger partial charge in [0.15, 0.2) is 0 Å². The van der Waals surface area contributed by atoms with Crippen molar-refractivity contribution in [1.82, 2.24) is 14.8 Å². The number of hydrogen-bond acceptors (Lipinski definition) is 2. The van der Waals surface area contributed by atoms with Crippen molar-refractivity contribution < 1.29 is 0 Å². The highest BCUT2D eigenvalue weighted by Crippen LogP contribution is 2.03. The maximum atomic E-state index is 3.42. The maximum Gasteiger partial charge on any atom is 0.0167 e. The first kappa shape index (κ1) is 11.4. The van der Waals surface area contributed by atoms with Crippen LogP contribution in [0.3, 0.4) is 0 Å². The second-order valence-corrected chi connectivity index (χ2v) is 4.42. The molecule has 2 heterocycles. The molecule has 1 aromatic heterocycles. The van der Waals surface area contributed by atoms with E-state index >= 15 is 0 Å². The van der Waals surface area contributed by atoms with Crippen LogP contribution in [0.25, 0.3) is 6.08 Å². The molecule has 0 bridgehead atoms. The van der Waals surface area contributed by atoms with Gasteiger partial charge >= 0.3 is 0 Å². The summed E-state index contributed by atoms with van der Waals surface area (Å²) >= 11 is 0. The molecule has 0 atom stereocenters. The number of aromatic nitrogens is 1. The number of nitrogens with one attached hydrogen (secondary N) is 1. The summed E-state index contributed by atoms with van der Waals surface area (Å²) in [5.41, 5.74) is 1.29. The van der Waals surface area contributed by atoms with Crippen molar-refractivity contribution in [2.75, 3.05) is 32.7 Å². The molecule has 1 fully saturated rings. The Labute approximate surface area is 97.7 Å². The summed E-state index contributed by atoms with van der Waals surface area (Å²) in [4.78, 5) is 2.50. The van der Waals surface area contributed by atoms with Crippen LogP contribution in [0.1, 0.15) is 12.0 Å². The lowest BCUT2D eigenvalue weighted by Gasteiger charge is -2.16. The standard InChI is InChI=1S/C13H21N3/c1-15-10-5-13(12-15)4-2-8-16-9-3-6-14-7-11-16/h2,4-5,10,12,14H,3,6-9,11H2,1H3/b4-2+. The van der Waals surface area contributed by atoms with Crippen LogP contribution in [-0.4, -0.2) is 42.2 Å². The van der Waals surface area contributed by atoms with Crippen LogP contribution in [0.2, 0.25) is 0 Å². The van der Waals surface area contributed by atoms with E-state index in [4.69, 9.17) is 0 Å². The van der Waals surface area contributed by atoms with Crippen molar-refractivity contribution in [1.29, 1.82) is 0 Å². The van der Waals surface area contributed by atoms with Crippen molar-refractivity contribution in [2.45, 2.75) is 6.42 Å². The van der Waals surface area contributed by atoms with Crippen LogP contribution >= 0.6 is 0 Å². The molecule has 1 N–H and O–H groups in total. The van der Waals surface area contributed by atoms with Gasteiger partial charge in [-0.1, -0.05) is 12.2 Å². The number of nitrogens with zero attached hydrogens (tertiary/aromatic N) is 2. The predicted molar refractivity (Wildman–Crippen MR) is 68.4 cm³/mol. The van der Waals surface area contributed by atoms with Crippen LogP contribution < -0.4 is 5.32 Å². The minimum Gasteiger partial charge on any atom is -0.357 e. The molecular weight excluding hydrogens is 198 g/mol. The van der Waals surface area contributed by atoms with Gasteiger partial charge in [0.2, 0.25) is 0 Å². The molecule has 0 aromatic carbocycles. The van der Waals surface area contributed by atoms with Crippen molar-refractivity contribution in [3.05, 3.63) is 30.1 Å². The molecule has 0 aliphatic carbocycles. The molecule has 16 heavy (non-hydrogen) atoms. The molecule has 0 radical (unpaired) electrons. The Hall–Kier alpha value is -1.06. The van der Waals surface area contributed by atoms with E-state index in [1.54, 1.807) is 0 Å². The second-order valence-electron chi connectivity index (χ2n) is 4.42. The first-order valence-electron chi connectivity index (χ1n) is 6.06. The van der Waals surface area contributed by atoms with Gasteiger partial charge in [0.1, 0.15) is 0 Å². The lowest BCUT2D eigenvalue weighted by atomic mass is 10.3. The van der Waals surface area contributed by atoms with Gasteiger partial charge in [-0.2, -0.15) is 0 Å². The minimum absolute atomic E-state index is 1.07. The van der Waals surface area contributed by atoms with Crippen molar-refractivity contribution in [2.24, 2.45) is 7.05 Å². The second kappa shape index (κ2) is 5.87. The molecule has 1 aliphatic rings. The van der Waals surface area contributed by atoms with Crippen LogP contribution in [0.5, 0.6) is 0 Å². The van der Waals surface area contributed by atoms with Gasteiger partial charge in [-0.05, 0) is 31.1 Å². The third-order valence-electron chi connectivity index (χ3n) is 2.96. The zero-order valence-corrected chi connectivity index (χ0v) is 10.0. The van der Waals surface area contributed by atoms with E-state index in [0.29, 0.717) is 0 Å². The van der Waals surface area contributed by atoms with E-state index in [0.717, 1.165) is 13.1 Å². The number of hydrogen-bond donors (Lipinski definition) is 1. The normalized spacial score (nSPS) is 19.1. The lowest BCUT2D eigenvalue weighted by molar-refractivity contribution is 0.324. The average molecular weight is 219 g/mol. The van der Waals surface area contributed by atoms with E-state index in [2.05, 4.69) is 52.4 Å². The SMILES string of the molecule is Cn1ccc(/C=C/CN2CCCNCC2)c1. The smallest absolute Gasteiger partial charge is 0.0167 e. The quantitative estimate of drug-likeness (QED) is 0.827. The van der Waals surface area contributed by atoms with E-state index < -0.39 is 0 Å². The summed E-state index contributed by atoms with van der Waals surface area (Å²) in [5, 5.41) is 3.42. The molecule has 1 saturated heterocycles. The molecule has 0 saturated carbocycles. The molecule has 0 amide bonds. The third-order valence-corrected chi connectivity index (χ3v) is 2.96. The fraction of sp³-hybridized carbons (Fsp3) is 0.538. The van der Waals surface area contributed by atoms with Gasteiger partial charge in [0.25, 0.3) is 0 Å². The summed E-state index contributed by atoms with van der Waals surface area (Å²) in [5.74, 6) is 0. The predicted octanol–water partition coefficient (Wildman–Crippen LogP) is 1.33. The molecule has 1 aromatic rings. The lowest BCUT2D eigenvalue weighted by Crippen LogP contribution is -2.28. The van der Waals surface area contributed by atoms with Gasteiger partial charge in [0.05, 0.1) is 0 Å². The summed E-state index contributed by atoms with van der Waals surface area (Å²) in [6.07, 6.45) is 9.95. The van der Waals surface area contributed by atoms with Crippen LogP contribution in [0.4, 0.5) is 0 Å². The highest BCUT2D eigenvalue weighted by molar-refractivity contribution is 5.48. The topological polar surface area (TPSA) is 20.2 Å². The van der Waals surface area contributed by atoms with Crippen molar-refractivity contribution >= 4 is 6.08 Å². The Morgan fingerprint density at radius 1 is 1.38 bits per heavy atom. The zero-order valence-electron chi connectivity index (χ0n) is 10.0.